The molecule has 4 heteroatoms. The number of benzene rings is 1. The van der Waals surface area contributed by atoms with E-state index in [1.54, 1.807) is 11.3 Å². The van der Waals surface area contributed by atoms with E-state index in [4.69, 9.17) is 5.11 Å². The number of Topliss-reactive ketones (excluding diaryl/α,β-unsaturated/α-hetero) is 1. The standard InChI is InChI=1S/C20H21NO2S/c22-11-10-21-8-5-14(6-9-21)19-16-4-2-1-3-15(16)13-18(23)20-17(19)7-12-24-20/h1-4,7,12,22H,5-6,8-11,13H2. The number of carbonyl (C=O) groups excluding carboxylic acids is 1. The Morgan fingerprint density at radius 3 is 2.67 bits per heavy atom. The van der Waals surface area contributed by atoms with Gasteiger partial charge in [-0.05, 0) is 41.0 Å². The molecule has 4 rings (SSSR count). The van der Waals surface area contributed by atoms with Crippen LogP contribution in [0.5, 0.6) is 0 Å². The smallest absolute Gasteiger partial charge is 0.177 e. The zero-order valence-electron chi connectivity index (χ0n) is 13.6. The van der Waals surface area contributed by atoms with Crippen LogP contribution >= 0.6 is 11.3 Å². The highest BCUT2D eigenvalue weighted by Crippen LogP contribution is 2.40. The monoisotopic (exact) mass is 339 g/mol. The molecule has 2 aromatic rings. The van der Waals surface area contributed by atoms with Crippen LogP contribution in [-0.4, -0.2) is 42.0 Å². The largest absolute Gasteiger partial charge is 0.395 e. The lowest BCUT2D eigenvalue weighted by Crippen LogP contribution is -2.33. The first-order valence-electron chi connectivity index (χ1n) is 8.52. The van der Waals surface area contributed by atoms with E-state index in [-0.39, 0.29) is 12.4 Å². The fourth-order valence-corrected chi connectivity index (χ4v) is 4.70. The number of aliphatic hydroxyl groups is 1. The van der Waals surface area contributed by atoms with Gasteiger partial charge in [0.1, 0.15) is 0 Å². The number of piperidine rings is 1. The summed E-state index contributed by atoms with van der Waals surface area (Å²) in [6.07, 6.45) is 2.51. The molecule has 1 aliphatic heterocycles. The van der Waals surface area contributed by atoms with Crippen molar-refractivity contribution in [3.63, 3.8) is 0 Å². The van der Waals surface area contributed by atoms with E-state index in [0.717, 1.165) is 48.5 Å². The van der Waals surface area contributed by atoms with E-state index in [9.17, 15) is 4.79 Å². The number of rotatable bonds is 2. The first-order valence-corrected chi connectivity index (χ1v) is 9.40. The van der Waals surface area contributed by atoms with Crippen LogP contribution in [0.4, 0.5) is 0 Å². The number of carbonyl (C=O) groups is 1. The maximum absolute atomic E-state index is 12.6. The second-order valence-electron chi connectivity index (χ2n) is 6.46. The molecule has 24 heavy (non-hydrogen) atoms. The molecule has 3 nitrogen and oxygen atoms in total. The minimum absolute atomic E-state index is 0.220. The number of thiophene rings is 1. The molecule has 0 bridgehead atoms. The van der Waals surface area contributed by atoms with Crippen LogP contribution in [0.25, 0.3) is 5.57 Å². The molecule has 0 amide bonds. The van der Waals surface area contributed by atoms with Gasteiger partial charge < -0.3 is 10.0 Å². The average Bonchev–Trinajstić information content (AvgIpc) is 3.04. The highest BCUT2D eigenvalue weighted by Gasteiger charge is 2.27. The maximum atomic E-state index is 12.6. The van der Waals surface area contributed by atoms with Crippen molar-refractivity contribution in [2.75, 3.05) is 26.2 Å². The molecule has 124 valence electrons. The molecule has 1 aliphatic carbocycles. The number of ketones is 1. The summed E-state index contributed by atoms with van der Waals surface area (Å²) in [6.45, 7) is 2.93. The van der Waals surface area contributed by atoms with Crippen molar-refractivity contribution in [1.82, 2.24) is 4.90 Å². The highest BCUT2D eigenvalue weighted by atomic mass is 32.1. The molecular weight excluding hydrogens is 318 g/mol. The molecule has 0 atom stereocenters. The van der Waals surface area contributed by atoms with Crippen LogP contribution in [0.15, 0.2) is 41.3 Å². The molecule has 1 N–H and O–H groups in total. The normalized spacial score (nSPS) is 18.3. The summed E-state index contributed by atoms with van der Waals surface area (Å²) in [5.74, 6) is 0.237. The van der Waals surface area contributed by atoms with Crippen molar-refractivity contribution in [2.45, 2.75) is 19.3 Å². The van der Waals surface area contributed by atoms with Crippen LogP contribution in [0.3, 0.4) is 0 Å². The summed E-state index contributed by atoms with van der Waals surface area (Å²) in [4.78, 5) is 15.9. The molecule has 0 unspecified atom stereocenters. The Morgan fingerprint density at radius 1 is 1.08 bits per heavy atom. The van der Waals surface area contributed by atoms with Gasteiger partial charge in [0.2, 0.25) is 0 Å². The van der Waals surface area contributed by atoms with Crippen LogP contribution in [0.1, 0.15) is 39.2 Å². The molecule has 2 aliphatic rings. The Labute approximate surface area is 146 Å². The minimum atomic E-state index is 0.220. The van der Waals surface area contributed by atoms with Crippen LogP contribution < -0.4 is 0 Å². The molecule has 1 fully saturated rings. The van der Waals surface area contributed by atoms with Gasteiger partial charge in [0.05, 0.1) is 11.5 Å². The van der Waals surface area contributed by atoms with Crippen LogP contribution in [-0.2, 0) is 6.42 Å². The summed E-state index contributed by atoms with van der Waals surface area (Å²) in [5, 5.41) is 11.2. The molecule has 0 radical (unpaired) electrons. The molecule has 1 aromatic carbocycles. The number of aliphatic hydroxyl groups excluding tert-OH is 1. The number of fused-ring (bicyclic) bond motifs is 2. The number of β-amino-alcohol motifs (C(OH)–C–C–N with tert-alkyl or cyclic N) is 1. The van der Waals surface area contributed by atoms with E-state index in [2.05, 4.69) is 29.2 Å². The third kappa shape index (κ3) is 2.75. The first kappa shape index (κ1) is 15.8. The van der Waals surface area contributed by atoms with Crippen molar-refractivity contribution >= 4 is 22.7 Å². The highest BCUT2D eigenvalue weighted by molar-refractivity contribution is 7.12. The van der Waals surface area contributed by atoms with Crippen molar-refractivity contribution in [2.24, 2.45) is 0 Å². The van der Waals surface area contributed by atoms with Gasteiger partial charge in [0.25, 0.3) is 0 Å². The van der Waals surface area contributed by atoms with Gasteiger partial charge in [-0.2, -0.15) is 0 Å². The van der Waals surface area contributed by atoms with E-state index < -0.39 is 0 Å². The van der Waals surface area contributed by atoms with Gasteiger partial charge in [0, 0.05) is 31.6 Å². The first-order chi connectivity index (χ1) is 11.8. The van der Waals surface area contributed by atoms with Crippen LogP contribution in [0, 0.1) is 0 Å². The Balaban J connectivity index is 1.82. The minimum Gasteiger partial charge on any atom is -0.395 e. The lowest BCUT2D eigenvalue weighted by atomic mass is 9.87. The Morgan fingerprint density at radius 2 is 1.88 bits per heavy atom. The summed E-state index contributed by atoms with van der Waals surface area (Å²) < 4.78 is 0. The van der Waals surface area contributed by atoms with Crippen molar-refractivity contribution in [3.8, 4) is 0 Å². The fraction of sp³-hybridized carbons (Fsp3) is 0.350. The number of nitrogens with zero attached hydrogens (tertiary/aromatic N) is 1. The Hall–Kier alpha value is -1.75. The van der Waals surface area contributed by atoms with Gasteiger partial charge >= 0.3 is 0 Å². The molecule has 0 saturated carbocycles. The zero-order chi connectivity index (χ0) is 16.5. The SMILES string of the molecule is O=C1Cc2ccccc2C(=C2CCN(CCO)CC2)c2ccsc21. The van der Waals surface area contributed by atoms with E-state index >= 15 is 0 Å². The predicted molar refractivity (Wildman–Crippen MR) is 97.6 cm³/mol. The molecular formula is C20H21NO2S. The molecule has 1 saturated heterocycles. The molecule has 1 aromatic heterocycles. The average molecular weight is 339 g/mol. The third-order valence-corrected chi connectivity index (χ3v) is 6.01. The fourth-order valence-electron chi connectivity index (χ4n) is 3.86. The quantitative estimate of drug-likeness (QED) is 0.912. The Bertz CT molecular complexity index is 795. The van der Waals surface area contributed by atoms with Crippen molar-refractivity contribution in [3.05, 3.63) is 62.9 Å². The lowest BCUT2D eigenvalue weighted by molar-refractivity contribution is 0.0997. The van der Waals surface area contributed by atoms with Gasteiger partial charge in [-0.3, -0.25) is 4.79 Å². The topological polar surface area (TPSA) is 40.5 Å². The maximum Gasteiger partial charge on any atom is 0.177 e. The molecule has 0 spiro atoms. The van der Waals surface area contributed by atoms with E-state index in [1.807, 2.05) is 11.4 Å². The predicted octanol–water partition coefficient (Wildman–Crippen LogP) is 3.38. The second kappa shape index (κ2) is 6.63. The van der Waals surface area contributed by atoms with Gasteiger partial charge in [0.15, 0.2) is 5.78 Å². The number of hydrogen-bond acceptors (Lipinski definition) is 4. The summed E-state index contributed by atoms with van der Waals surface area (Å²) >= 11 is 1.57. The van der Waals surface area contributed by atoms with Gasteiger partial charge in [-0.1, -0.05) is 29.8 Å². The van der Waals surface area contributed by atoms with Crippen molar-refractivity contribution < 1.29 is 9.90 Å². The number of hydrogen-bond donors (Lipinski definition) is 1. The Kier molecular flexibility index (Phi) is 4.35. The summed E-state index contributed by atoms with van der Waals surface area (Å²) in [7, 11) is 0. The second-order valence-corrected chi connectivity index (χ2v) is 7.38. The van der Waals surface area contributed by atoms with Crippen LogP contribution in [0.2, 0.25) is 0 Å². The summed E-state index contributed by atoms with van der Waals surface area (Å²) in [5.41, 5.74) is 6.24. The molecule has 2 heterocycles. The summed E-state index contributed by atoms with van der Waals surface area (Å²) in [6, 6.07) is 10.5. The number of likely N-dealkylation sites (tertiary alicyclic amines) is 1. The lowest BCUT2D eigenvalue weighted by Gasteiger charge is -2.29. The third-order valence-electron chi connectivity index (χ3n) is 5.05. The zero-order valence-corrected chi connectivity index (χ0v) is 14.4. The van der Waals surface area contributed by atoms with Gasteiger partial charge in [-0.15, -0.1) is 11.3 Å². The van der Waals surface area contributed by atoms with E-state index in [1.165, 1.54) is 16.7 Å². The van der Waals surface area contributed by atoms with E-state index in [0.29, 0.717) is 6.42 Å². The van der Waals surface area contributed by atoms with Crippen molar-refractivity contribution in [1.29, 1.82) is 0 Å². The van der Waals surface area contributed by atoms with Gasteiger partial charge in [-0.25, -0.2) is 0 Å².